The SMILES string of the molecule is CC1=C[C@@H]2CCC[C@@H](C)C[C@@H](C)/C=C(C)\C(O)=C3\C(=O)O[C@]2(C[C@@H]1C)C3=O. The highest BCUT2D eigenvalue weighted by molar-refractivity contribution is 6.26. The topological polar surface area (TPSA) is 63.6 Å². The van der Waals surface area contributed by atoms with Crippen LogP contribution in [0.15, 0.2) is 34.6 Å². The van der Waals surface area contributed by atoms with Crippen LogP contribution in [-0.2, 0) is 14.3 Å². The number of fused-ring (bicyclic) bond motifs is 1. The molecule has 3 aliphatic rings. The summed E-state index contributed by atoms with van der Waals surface area (Å²) in [5.41, 5.74) is 0.521. The standard InChI is InChI=1S/C23H32O4/c1-13-7-6-8-18-11-15(3)17(5)12-23(18)21(25)19(22(26)27-23)20(24)16(4)10-14(2)9-13/h10-11,13-14,17-18,24H,6-9,12H2,1-5H3/b16-10-,20-19-/t13-,14-,17+,18+,23+/m1/s1. The van der Waals surface area contributed by atoms with E-state index in [-0.39, 0.29) is 34.9 Å². The zero-order valence-electron chi connectivity index (χ0n) is 17.2. The van der Waals surface area contributed by atoms with Gasteiger partial charge in [-0.3, -0.25) is 4.79 Å². The van der Waals surface area contributed by atoms with Crippen molar-refractivity contribution in [2.75, 3.05) is 0 Å². The summed E-state index contributed by atoms with van der Waals surface area (Å²) in [6.45, 7) is 10.3. The first-order chi connectivity index (χ1) is 12.7. The van der Waals surface area contributed by atoms with Crippen molar-refractivity contribution in [2.45, 2.75) is 72.3 Å². The Morgan fingerprint density at radius 2 is 1.81 bits per heavy atom. The number of ketones is 1. The van der Waals surface area contributed by atoms with Gasteiger partial charge in [-0.05, 0) is 50.0 Å². The normalized spacial score (nSPS) is 42.7. The molecule has 0 aromatic carbocycles. The lowest BCUT2D eigenvalue weighted by Crippen LogP contribution is -2.47. The molecule has 0 unspecified atom stereocenters. The van der Waals surface area contributed by atoms with Gasteiger partial charge in [-0.15, -0.1) is 0 Å². The van der Waals surface area contributed by atoms with Crippen LogP contribution in [0.2, 0.25) is 0 Å². The number of ether oxygens (including phenoxy) is 1. The summed E-state index contributed by atoms with van der Waals surface area (Å²) in [7, 11) is 0. The molecule has 1 fully saturated rings. The Kier molecular flexibility index (Phi) is 5.38. The zero-order chi connectivity index (χ0) is 19.9. The fourth-order valence-corrected chi connectivity index (χ4v) is 5.06. The first kappa shape index (κ1) is 19.9. The molecule has 4 heteroatoms. The highest BCUT2D eigenvalue weighted by Crippen LogP contribution is 2.47. The molecule has 5 atom stereocenters. The van der Waals surface area contributed by atoms with Gasteiger partial charge in [-0.1, -0.05) is 51.3 Å². The molecule has 1 saturated heterocycles. The van der Waals surface area contributed by atoms with Crippen LogP contribution in [0.5, 0.6) is 0 Å². The minimum absolute atomic E-state index is 0.120. The summed E-state index contributed by atoms with van der Waals surface area (Å²) in [4.78, 5) is 26.1. The van der Waals surface area contributed by atoms with Crippen molar-refractivity contribution >= 4 is 11.8 Å². The molecule has 1 heterocycles. The van der Waals surface area contributed by atoms with Crippen molar-refractivity contribution in [2.24, 2.45) is 23.7 Å². The lowest BCUT2D eigenvalue weighted by molar-refractivity contribution is -0.158. The van der Waals surface area contributed by atoms with Gasteiger partial charge in [0.25, 0.3) is 0 Å². The van der Waals surface area contributed by atoms with Crippen LogP contribution in [0.3, 0.4) is 0 Å². The highest BCUT2D eigenvalue weighted by atomic mass is 16.6. The maximum Gasteiger partial charge on any atom is 0.346 e. The first-order valence-electron chi connectivity index (χ1n) is 10.2. The molecule has 0 radical (unpaired) electrons. The van der Waals surface area contributed by atoms with Crippen LogP contribution in [0.25, 0.3) is 0 Å². The molecule has 3 rings (SSSR count). The Labute approximate surface area is 162 Å². The molecule has 4 nitrogen and oxygen atoms in total. The summed E-state index contributed by atoms with van der Waals surface area (Å²) < 4.78 is 5.79. The lowest BCUT2D eigenvalue weighted by Gasteiger charge is -2.39. The Morgan fingerprint density at radius 1 is 1.11 bits per heavy atom. The second-order valence-electron chi connectivity index (χ2n) is 9.05. The van der Waals surface area contributed by atoms with Gasteiger partial charge in [-0.25, -0.2) is 4.79 Å². The van der Waals surface area contributed by atoms with E-state index < -0.39 is 11.6 Å². The van der Waals surface area contributed by atoms with Crippen LogP contribution < -0.4 is 0 Å². The number of hydrogen-bond donors (Lipinski definition) is 1. The molecule has 148 valence electrons. The van der Waals surface area contributed by atoms with E-state index in [2.05, 4.69) is 33.8 Å². The van der Waals surface area contributed by atoms with Gasteiger partial charge in [0.1, 0.15) is 11.3 Å². The van der Waals surface area contributed by atoms with Gasteiger partial charge in [0.05, 0.1) is 0 Å². The summed E-state index contributed by atoms with van der Waals surface area (Å²) in [6, 6.07) is 0. The molecular formula is C23H32O4. The van der Waals surface area contributed by atoms with Crippen LogP contribution in [-0.4, -0.2) is 22.5 Å². The van der Waals surface area contributed by atoms with Crippen LogP contribution in [0.1, 0.15) is 66.7 Å². The number of aliphatic hydroxyl groups is 1. The van der Waals surface area contributed by atoms with Crippen molar-refractivity contribution < 1.29 is 19.4 Å². The fraction of sp³-hybridized carbons (Fsp3) is 0.652. The van der Waals surface area contributed by atoms with Gasteiger partial charge >= 0.3 is 5.97 Å². The number of rotatable bonds is 0. The monoisotopic (exact) mass is 372 g/mol. The maximum absolute atomic E-state index is 13.4. The molecule has 0 amide bonds. The molecule has 0 aromatic rings. The third kappa shape index (κ3) is 3.51. The van der Waals surface area contributed by atoms with Crippen molar-refractivity contribution in [3.05, 3.63) is 34.6 Å². The van der Waals surface area contributed by atoms with Crippen molar-refractivity contribution in [3.63, 3.8) is 0 Å². The number of carbonyl (C=O) groups excluding carboxylic acids is 2. The van der Waals surface area contributed by atoms with E-state index in [1.54, 1.807) is 6.92 Å². The Bertz CT molecular complexity index is 741. The van der Waals surface area contributed by atoms with Crippen molar-refractivity contribution in [3.8, 4) is 0 Å². The predicted molar refractivity (Wildman–Crippen MR) is 105 cm³/mol. The lowest BCUT2D eigenvalue weighted by atomic mass is 9.68. The molecular weight excluding hydrogens is 340 g/mol. The van der Waals surface area contributed by atoms with Crippen LogP contribution in [0, 0.1) is 23.7 Å². The third-order valence-corrected chi connectivity index (χ3v) is 6.67. The molecule has 2 bridgehead atoms. The quantitative estimate of drug-likeness (QED) is 0.367. The van der Waals surface area contributed by atoms with Crippen LogP contribution in [0.4, 0.5) is 0 Å². The summed E-state index contributed by atoms with van der Waals surface area (Å²) in [5.74, 6) is -0.325. The number of hydrogen-bond acceptors (Lipinski definition) is 4. The summed E-state index contributed by atoms with van der Waals surface area (Å²) >= 11 is 0. The summed E-state index contributed by atoms with van der Waals surface area (Å²) in [5, 5.41) is 10.7. The molecule has 2 aliphatic carbocycles. The van der Waals surface area contributed by atoms with E-state index in [1.807, 2.05) is 6.08 Å². The number of aliphatic hydroxyl groups excluding tert-OH is 1. The van der Waals surface area contributed by atoms with Crippen molar-refractivity contribution in [1.29, 1.82) is 0 Å². The molecule has 0 aromatic heterocycles. The van der Waals surface area contributed by atoms with E-state index in [4.69, 9.17) is 4.74 Å². The van der Waals surface area contributed by atoms with E-state index in [0.717, 1.165) is 25.7 Å². The van der Waals surface area contributed by atoms with E-state index >= 15 is 0 Å². The Balaban J connectivity index is 2.12. The second kappa shape index (κ2) is 7.29. The first-order valence-corrected chi connectivity index (χ1v) is 10.2. The van der Waals surface area contributed by atoms with E-state index in [1.165, 1.54) is 5.57 Å². The van der Waals surface area contributed by atoms with E-state index in [9.17, 15) is 14.7 Å². The van der Waals surface area contributed by atoms with Gasteiger partial charge in [0, 0.05) is 12.3 Å². The van der Waals surface area contributed by atoms with Gasteiger partial charge in [0.15, 0.2) is 5.60 Å². The molecule has 0 saturated carbocycles. The third-order valence-electron chi connectivity index (χ3n) is 6.67. The van der Waals surface area contributed by atoms with Gasteiger partial charge in [-0.2, -0.15) is 0 Å². The fourth-order valence-electron chi connectivity index (χ4n) is 5.06. The Morgan fingerprint density at radius 3 is 2.52 bits per heavy atom. The van der Waals surface area contributed by atoms with Gasteiger partial charge in [0.2, 0.25) is 5.78 Å². The average molecular weight is 373 g/mol. The van der Waals surface area contributed by atoms with Crippen LogP contribution >= 0.6 is 0 Å². The molecule has 1 spiro atoms. The summed E-state index contributed by atoms with van der Waals surface area (Å²) in [6.07, 6.45) is 8.53. The highest BCUT2D eigenvalue weighted by Gasteiger charge is 2.59. The second-order valence-corrected chi connectivity index (χ2v) is 9.05. The maximum atomic E-state index is 13.4. The van der Waals surface area contributed by atoms with Crippen molar-refractivity contribution in [1.82, 2.24) is 0 Å². The Hall–Kier alpha value is -1.84. The number of Topliss-reactive ketones (excluding diaryl/α,β-unsaturated/α-hetero) is 1. The molecule has 1 N–H and O–H groups in total. The van der Waals surface area contributed by atoms with Gasteiger partial charge < -0.3 is 9.84 Å². The molecule has 27 heavy (non-hydrogen) atoms. The number of esters is 1. The predicted octanol–water partition coefficient (Wildman–Crippen LogP) is 5.06. The average Bonchev–Trinajstić information content (AvgIpc) is 2.81. The number of allylic oxidation sites excluding steroid dienone is 3. The minimum atomic E-state index is -1.15. The smallest absolute Gasteiger partial charge is 0.346 e. The zero-order valence-corrected chi connectivity index (χ0v) is 17.2. The molecule has 1 aliphatic heterocycles. The largest absolute Gasteiger partial charge is 0.507 e. The van der Waals surface area contributed by atoms with E-state index in [0.29, 0.717) is 17.9 Å². The number of carbonyl (C=O) groups is 2. The minimum Gasteiger partial charge on any atom is -0.507 e.